The number of halogens is 1. The first kappa shape index (κ1) is 20.2. The van der Waals surface area contributed by atoms with E-state index in [1.54, 1.807) is 0 Å². The predicted molar refractivity (Wildman–Crippen MR) is 110 cm³/mol. The molecule has 0 unspecified atom stereocenters. The predicted octanol–water partition coefficient (Wildman–Crippen LogP) is 3.93. The molecule has 1 aromatic carbocycles. The van der Waals surface area contributed by atoms with Crippen LogP contribution in [0.3, 0.4) is 0 Å². The summed E-state index contributed by atoms with van der Waals surface area (Å²) in [6, 6.07) is 4.37. The molecule has 0 aromatic heterocycles. The quantitative estimate of drug-likeness (QED) is 0.778. The van der Waals surface area contributed by atoms with E-state index in [1.165, 1.54) is 70.8 Å². The van der Waals surface area contributed by atoms with E-state index < -0.39 is 10.0 Å². The van der Waals surface area contributed by atoms with Gasteiger partial charge < -0.3 is 5.32 Å². The fourth-order valence-corrected chi connectivity index (χ4v) is 7.32. The number of carbonyl (C=O) groups is 1. The minimum Gasteiger partial charge on any atom is -0.349 e. The molecule has 0 aliphatic heterocycles. The van der Waals surface area contributed by atoms with Crippen molar-refractivity contribution in [1.29, 1.82) is 0 Å². The molecule has 0 spiro atoms. The molecule has 4 fully saturated rings. The van der Waals surface area contributed by atoms with Crippen molar-refractivity contribution >= 4 is 27.5 Å². The van der Waals surface area contributed by atoms with Gasteiger partial charge in [-0.1, -0.05) is 11.6 Å². The van der Waals surface area contributed by atoms with Crippen molar-refractivity contribution in [2.45, 2.75) is 56.4 Å². The zero-order valence-corrected chi connectivity index (χ0v) is 18.3. The van der Waals surface area contributed by atoms with Gasteiger partial charge in [-0.25, -0.2) is 12.7 Å². The van der Waals surface area contributed by atoms with Crippen molar-refractivity contribution in [2.75, 3.05) is 14.1 Å². The second-order valence-electron chi connectivity index (χ2n) is 9.40. The fourth-order valence-electron chi connectivity index (χ4n) is 6.19. The Morgan fingerprint density at radius 3 is 2.18 bits per heavy atom. The summed E-state index contributed by atoms with van der Waals surface area (Å²) in [7, 11) is -0.678. The van der Waals surface area contributed by atoms with Gasteiger partial charge in [0.15, 0.2) is 0 Å². The molecule has 0 saturated heterocycles. The Morgan fingerprint density at radius 1 is 1.14 bits per heavy atom. The summed E-state index contributed by atoms with van der Waals surface area (Å²) >= 11 is 6.25. The highest BCUT2D eigenvalue weighted by atomic mass is 35.5. The van der Waals surface area contributed by atoms with Crippen LogP contribution in [0.1, 0.15) is 55.8 Å². The third kappa shape index (κ3) is 3.37. The second-order valence-corrected chi connectivity index (χ2v) is 12.0. The lowest BCUT2D eigenvalue weighted by atomic mass is 9.48. The van der Waals surface area contributed by atoms with Crippen molar-refractivity contribution in [3.63, 3.8) is 0 Å². The fraction of sp³-hybridized carbons (Fsp3) is 0.667. The monoisotopic (exact) mass is 424 g/mol. The molecule has 4 aliphatic carbocycles. The second kappa shape index (κ2) is 6.99. The summed E-state index contributed by atoms with van der Waals surface area (Å²) in [5.74, 6) is 2.14. The Labute approximate surface area is 172 Å². The van der Waals surface area contributed by atoms with Crippen LogP contribution in [0.15, 0.2) is 23.1 Å². The third-order valence-corrected chi connectivity index (χ3v) is 9.45. The Morgan fingerprint density at radius 2 is 1.68 bits per heavy atom. The van der Waals surface area contributed by atoms with E-state index in [4.69, 9.17) is 11.6 Å². The van der Waals surface area contributed by atoms with Gasteiger partial charge in [0.1, 0.15) is 0 Å². The SMILES string of the molecule is C[C@H](NC(=O)c1cc(S(=O)(=O)N(C)C)ccc1Cl)C12CC3CC(CC(C3)C1)C2. The molecule has 1 amide bonds. The van der Waals surface area contributed by atoms with Crippen LogP contribution in [0.25, 0.3) is 0 Å². The van der Waals surface area contributed by atoms with E-state index in [0.717, 1.165) is 22.1 Å². The molecule has 154 valence electrons. The summed E-state index contributed by atoms with van der Waals surface area (Å²) in [4.78, 5) is 13.1. The minimum atomic E-state index is -3.62. The molecule has 7 heteroatoms. The Hall–Kier alpha value is -1.11. The molecule has 1 aromatic rings. The Bertz CT molecular complexity index is 862. The average molecular weight is 425 g/mol. The number of benzene rings is 1. The van der Waals surface area contributed by atoms with Gasteiger partial charge in [0.25, 0.3) is 5.91 Å². The van der Waals surface area contributed by atoms with Crippen LogP contribution in [0.4, 0.5) is 0 Å². The minimum absolute atomic E-state index is 0.0542. The molecule has 28 heavy (non-hydrogen) atoms. The van der Waals surface area contributed by atoms with E-state index in [9.17, 15) is 13.2 Å². The van der Waals surface area contributed by atoms with Gasteiger partial charge in [0, 0.05) is 20.1 Å². The molecule has 1 N–H and O–H groups in total. The van der Waals surface area contributed by atoms with Crippen LogP contribution in [0.2, 0.25) is 5.02 Å². The zero-order chi connectivity index (χ0) is 20.3. The first-order chi connectivity index (χ1) is 13.1. The number of nitrogens with one attached hydrogen (secondary N) is 1. The molecular formula is C21H29ClN2O3S. The maximum atomic E-state index is 13.0. The van der Waals surface area contributed by atoms with Gasteiger partial charge in [0.05, 0.1) is 15.5 Å². The number of carbonyl (C=O) groups excluding carboxylic acids is 1. The van der Waals surface area contributed by atoms with Gasteiger partial charge in [-0.3, -0.25) is 4.79 Å². The number of sulfonamides is 1. The number of nitrogens with zero attached hydrogens (tertiary/aromatic N) is 1. The normalized spacial score (nSPS) is 32.5. The van der Waals surface area contributed by atoms with Crippen molar-refractivity contribution in [2.24, 2.45) is 23.2 Å². The zero-order valence-electron chi connectivity index (χ0n) is 16.7. The van der Waals surface area contributed by atoms with Crippen molar-refractivity contribution < 1.29 is 13.2 Å². The van der Waals surface area contributed by atoms with Crippen LogP contribution in [-0.4, -0.2) is 38.8 Å². The smallest absolute Gasteiger partial charge is 0.253 e. The first-order valence-corrected chi connectivity index (χ1v) is 12.0. The number of rotatable bonds is 5. The van der Waals surface area contributed by atoms with Crippen LogP contribution < -0.4 is 5.32 Å². The number of hydrogen-bond donors (Lipinski definition) is 1. The lowest BCUT2D eigenvalue weighted by Crippen LogP contribution is -2.55. The summed E-state index contributed by atoms with van der Waals surface area (Å²) in [5.41, 5.74) is 0.408. The first-order valence-electron chi connectivity index (χ1n) is 10.1. The average Bonchev–Trinajstić information content (AvgIpc) is 2.60. The molecule has 0 radical (unpaired) electrons. The Balaban J connectivity index is 1.56. The van der Waals surface area contributed by atoms with Gasteiger partial charge in [0.2, 0.25) is 10.0 Å². The van der Waals surface area contributed by atoms with Crippen LogP contribution >= 0.6 is 11.6 Å². The Kier molecular flexibility index (Phi) is 5.04. The molecule has 1 atom stereocenters. The summed E-state index contributed by atoms with van der Waals surface area (Å²) < 4.78 is 26.0. The lowest BCUT2D eigenvalue weighted by Gasteiger charge is -2.59. The summed E-state index contributed by atoms with van der Waals surface area (Å²) in [6.07, 6.45) is 7.66. The van der Waals surface area contributed by atoms with Crippen LogP contribution in [0, 0.1) is 23.2 Å². The van der Waals surface area contributed by atoms with Crippen LogP contribution in [-0.2, 0) is 10.0 Å². The molecule has 5 rings (SSSR count). The van der Waals surface area contributed by atoms with E-state index >= 15 is 0 Å². The van der Waals surface area contributed by atoms with E-state index in [-0.39, 0.29) is 32.8 Å². The van der Waals surface area contributed by atoms with Gasteiger partial charge in [-0.05, 0) is 86.8 Å². The lowest BCUT2D eigenvalue weighted by molar-refractivity contribution is -0.0688. The highest BCUT2D eigenvalue weighted by Crippen LogP contribution is 2.61. The largest absolute Gasteiger partial charge is 0.349 e. The molecule has 5 nitrogen and oxygen atoms in total. The third-order valence-electron chi connectivity index (χ3n) is 7.31. The van der Waals surface area contributed by atoms with Crippen LogP contribution in [0.5, 0.6) is 0 Å². The van der Waals surface area contributed by atoms with E-state index in [2.05, 4.69) is 12.2 Å². The summed E-state index contributed by atoms with van der Waals surface area (Å²) in [5, 5.41) is 3.44. The van der Waals surface area contributed by atoms with Gasteiger partial charge in [-0.2, -0.15) is 0 Å². The van der Waals surface area contributed by atoms with E-state index in [0.29, 0.717) is 0 Å². The highest BCUT2D eigenvalue weighted by molar-refractivity contribution is 7.89. The standard InChI is InChI=1S/C21H29ClN2O3S/c1-13(21-10-14-6-15(11-21)8-16(7-14)12-21)23-20(25)18-9-17(4-5-19(18)22)28(26,27)24(2)3/h4-5,9,13-16H,6-8,10-12H2,1-3H3,(H,23,25)/t13-,14?,15?,16?,21?/m0/s1. The molecular weight excluding hydrogens is 396 g/mol. The topological polar surface area (TPSA) is 66.5 Å². The van der Waals surface area contributed by atoms with Crippen molar-refractivity contribution in [1.82, 2.24) is 9.62 Å². The van der Waals surface area contributed by atoms with E-state index in [1.807, 2.05) is 0 Å². The van der Waals surface area contributed by atoms with Gasteiger partial charge >= 0.3 is 0 Å². The summed E-state index contributed by atoms with van der Waals surface area (Å²) in [6.45, 7) is 2.11. The molecule has 0 heterocycles. The molecule has 4 aliphatic rings. The maximum absolute atomic E-state index is 13.0. The van der Waals surface area contributed by atoms with Crippen molar-refractivity contribution in [3.05, 3.63) is 28.8 Å². The number of amides is 1. The van der Waals surface area contributed by atoms with Crippen molar-refractivity contribution in [3.8, 4) is 0 Å². The maximum Gasteiger partial charge on any atom is 0.253 e. The molecule has 4 saturated carbocycles. The van der Waals surface area contributed by atoms with Gasteiger partial charge in [-0.15, -0.1) is 0 Å². The number of hydrogen-bond acceptors (Lipinski definition) is 3. The highest BCUT2D eigenvalue weighted by Gasteiger charge is 2.53. The molecule has 4 bridgehead atoms.